The molecule has 1 N–H and O–H groups in total. The topological polar surface area (TPSA) is 59.0 Å². The van der Waals surface area contributed by atoms with Crippen LogP contribution in [0.15, 0.2) is 41.8 Å². The van der Waals surface area contributed by atoms with Gasteiger partial charge < -0.3 is 14.6 Å². The second-order valence-corrected chi connectivity index (χ2v) is 11.7. The Kier molecular flexibility index (Phi) is 6.18. The molecule has 0 saturated carbocycles. The summed E-state index contributed by atoms with van der Waals surface area (Å²) in [7, 11) is 0. The summed E-state index contributed by atoms with van der Waals surface area (Å²) in [5, 5.41) is 11.3. The number of hydrogen-bond acceptors (Lipinski definition) is 5. The highest BCUT2D eigenvalue weighted by Gasteiger charge is 2.40. The van der Waals surface area contributed by atoms with E-state index in [1.807, 2.05) is 18.4 Å². The molecule has 0 bridgehead atoms. The van der Waals surface area contributed by atoms with Gasteiger partial charge in [-0.25, -0.2) is 0 Å². The molecule has 0 radical (unpaired) electrons. The molecule has 6 rings (SSSR count). The Labute approximate surface area is 222 Å². The molecule has 0 spiro atoms. The first-order valence-electron chi connectivity index (χ1n) is 12.8. The summed E-state index contributed by atoms with van der Waals surface area (Å²) >= 11 is 1.66. The number of alkyl halides is 3. The van der Waals surface area contributed by atoms with Crippen LogP contribution in [0, 0.1) is 0 Å². The molecule has 2 aromatic carbocycles. The molecular formula is C29H28F3NO4S. The van der Waals surface area contributed by atoms with E-state index in [4.69, 9.17) is 9.47 Å². The van der Waals surface area contributed by atoms with Crippen LogP contribution in [-0.2, 0) is 42.3 Å². The van der Waals surface area contributed by atoms with E-state index in [-0.39, 0.29) is 25.7 Å². The maximum Gasteiger partial charge on any atom is 0.416 e. The number of benzene rings is 2. The lowest BCUT2D eigenvalue weighted by Crippen LogP contribution is -2.30. The predicted octanol–water partition coefficient (Wildman–Crippen LogP) is 6.52. The molecule has 1 aliphatic carbocycles. The van der Waals surface area contributed by atoms with E-state index in [0.29, 0.717) is 36.4 Å². The van der Waals surface area contributed by atoms with Crippen LogP contribution in [0.2, 0.25) is 0 Å². The number of rotatable bonds is 6. The van der Waals surface area contributed by atoms with Crippen LogP contribution in [0.3, 0.4) is 0 Å². The van der Waals surface area contributed by atoms with Gasteiger partial charge in [-0.2, -0.15) is 13.2 Å². The Balaban J connectivity index is 1.26. The Morgan fingerprint density at radius 1 is 1.24 bits per heavy atom. The zero-order valence-electron chi connectivity index (χ0n) is 20.9. The third-order valence-corrected chi connectivity index (χ3v) is 8.98. The fourth-order valence-corrected chi connectivity index (χ4v) is 7.08. The lowest BCUT2D eigenvalue weighted by molar-refractivity contribution is -0.139. The normalized spacial score (nSPS) is 22.5. The SMILES string of the molecule is CC1(CC(=O)O)COc2cc(O[C@@H]3CCc4c3ccc(C(F)(F)F)c4CN3CCc4ccsc4C3)ccc21. The smallest absolute Gasteiger partial charge is 0.416 e. The highest BCUT2D eigenvalue weighted by Crippen LogP contribution is 2.46. The molecule has 3 heterocycles. The van der Waals surface area contributed by atoms with Gasteiger partial charge in [-0.3, -0.25) is 9.69 Å². The first kappa shape index (κ1) is 25.2. The Hall–Kier alpha value is -3.04. The third-order valence-electron chi connectivity index (χ3n) is 8.03. The van der Waals surface area contributed by atoms with Gasteiger partial charge in [0.1, 0.15) is 17.6 Å². The van der Waals surface area contributed by atoms with Crippen molar-refractivity contribution in [3.8, 4) is 11.5 Å². The van der Waals surface area contributed by atoms with Crippen molar-refractivity contribution in [1.82, 2.24) is 4.90 Å². The van der Waals surface area contributed by atoms with Crippen molar-refractivity contribution in [3.63, 3.8) is 0 Å². The molecule has 5 nitrogen and oxygen atoms in total. The summed E-state index contributed by atoms with van der Waals surface area (Å²) in [6.45, 7) is 3.81. The largest absolute Gasteiger partial charge is 0.492 e. The van der Waals surface area contributed by atoms with Gasteiger partial charge in [0, 0.05) is 41.6 Å². The molecular weight excluding hydrogens is 515 g/mol. The Bertz CT molecular complexity index is 1400. The third kappa shape index (κ3) is 4.56. The maximum absolute atomic E-state index is 14.1. The number of aliphatic carboxylic acids is 1. The van der Waals surface area contributed by atoms with Crippen molar-refractivity contribution in [2.24, 2.45) is 0 Å². The number of ether oxygens (including phenoxy) is 2. The predicted molar refractivity (Wildman–Crippen MR) is 137 cm³/mol. The number of carboxylic acids is 1. The summed E-state index contributed by atoms with van der Waals surface area (Å²) < 4.78 is 54.3. The monoisotopic (exact) mass is 543 g/mol. The molecule has 38 heavy (non-hydrogen) atoms. The van der Waals surface area contributed by atoms with Crippen LogP contribution in [0.5, 0.6) is 11.5 Å². The molecule has 9 heteroatoms. The molecule has 3 aromatic rings. The molecule has 0 saturated heterocycles. The molecule has 1 unspecified atom stereocenters. The van der Waals surface area contributed by atoms with Crippen molar-refractivity contribution in [2.75, 3.05) is 13.2 Å². The van der Waals surface area contributed by atoms with Crippen LogP contribution < -0.4 is 9.47 Å². The molecule has 2 atom stereocenters. The molecule has 2 aliphatic heterocycles. The fraction of sp³-hybridized carbons (Fsp3) is 0.414. The van der Waals surface area contributed by atoms with Gasteiger partial charge in [-0.15, -0.1) is 11.3 Å². The van der Waals surface area contributed by atoms with Crippen LogP contribution in [0.4, 0.5) is 13.2 Å². The van der Waals surface area contributed by atoms with E-state index in [2.05, 4.69) is 11.0 Å². The molecule has 0 fully saturated rings. The van der Waals surface area contributed by atoms with Gasteiger partial charge in [-0.05, 0) is 65.1 Å². The van der Waals surface area contributed by atoms with Crippen LogP contribution in [0.1, 0.15) is 64.1 Å². The number of carboxylic acid groups (broad SMARTS) is 1. The molecule has 200 valence electrons. The minimum absolute atomic E-state index is 0.0364. The summed E-state index contributed by atoms with van der Waals surface area (Å²) in [4.78, 5) is 14.7. The first-order valence-corrected chi connectivity index (χ1v) is 13.6. The second kappa shape index (κ2) is 9.31. The van der Waals surface area contributed by atoms with E-state index in [0.717, 1.165) is 29.7 Å². The summed E-state index contributed by atoms with van der Waals surface area (Å²) in [6.07, 6.45) is -2.85. The average molecular weight is 544 g/mol. The van der Waals surface area contributed by atoms with Crippen molar-refractivity contribution < 1.29 is 32.5 Å². The van der Waals surface area contributed by atoms with E-state index < -0.39 is 23.1 Å². The minimum atomic E-state index is -4.42. The number of carbonyl (C=O) groups is 1. The van der Waals surface area contributed by atoms with Crippen LogP contribution in [0.25, 0.3) is 0 Å². The Morgan fingerprint density at radius 3 is 2.87 bits per heavy atom. The van der Waals surface area contributed by atoms with E-state index in [1.54, 1.807) is 29.5 Å². The lowest BCUT2D eigenvalue weighted by atomic mass is 9.81. The van der Waals surface area contributed by atoms with Crippen molar-refractivity contribution in [2.45, 2.75) is 63.4 Å². The van der Waals surface area contributed by atoms with Crippen LogP contribution >= 0.6 is 11.3 Å². The van der Waals surface area contributed by atoms with E-state index in [9.17, 15) is 23.1 Å². The highest BCUT2D eigenvalue weighted by molar-refractivity contribution is 7.10. The molecule has 0 amide bonds. The van der Waals surface area contributed by atoms with Gasteiger partial charge >= 0.3 is 12.1 Å². The number of halogens is 3. The zero-order valence-corrected chi connectivity index (χ0v) is 21.8. The number of hydrogen-bond donors (Lipinski definition) is 1. The quantitative estimate of drug-likeness (QED) is 0.384. The van der Waals surface area contributed by atoms with Crippen molar-refractivity contribution >= 4 is 17.3 Å². The van der Waals surface area contributed by atoms with E-state index in [1.165, 1.54) is 16.5 Å². The number of fused-ring (bicyclic) bond motifs is 3. The van der Waals surface area contributed by atoms with E-state index >= 15 is 0 Å². The minimum Gasteiger partial charge on any atom is -0.492 e. The van der Waals surface area contributed by atoms with Gasteiger partial charge in [0.05, 0.1) is 18.6 Å². The summed E-state index contributed by atoms with van der Waals surface area (Å²) in [5.74, 6) is 0.265. The Morgan fingerprint density at radius 2 is 2.08 bits per heavy atom. The van der Waals surface area contributed by atoms with Crippen molar-refractivity contribution in [1.29, 1.82) is 0 Å². The molecule has 1 aromatic heterocycles. The van der Waals surface area contributed by atoms with Gasteiger partial charge in [0.2, 0.25) is 0 Å². The van der Waals surface area contributed by atoms with Gasteiger partial charge in [-0.1, -0.05) is 19.1 Å². The number of thiophene rings is 1. The van der Waals surface area contributed by atoms with Gasteiger partial charge in [0.15, 0.2) is 0 Å². The zero-order chi connectivity index (χ0) is 26.7. The van der Waals surface area contributed by atoms with Gasteiger partial charge in [0.25, 0.3) is 0 Å². The first-order chi connectivity index (χ1) is 18.1. The maximum atomic E-state index is 14.1. The summed E-state index contributed by atoms with van der Waals surface area (Å²) in [5.41, 5.74) is 2.87. The fourth-order valence-electron chi connectivity index (χ4n) is 6.11. The molecule has 3 aliphatic rings. The number of nitrogens with zero attached hydrogens (tertiary/aromatic N) is 1. The second-order valence-electron chi connectivity index (χ2n) is 10.7. The standard InChI is InChI=1S/C29H28F3NO4S/c1-28(13-27(34)35)16-36-25-12-18(2-5-23(25)28)37-24-7-4-19-20(24)3-6-22(29(30,31)32)21(19)14-33-10-8-17-9-11-38-26(17)15-33/h2-3,5-6,9,11-12,24H,4,7-8,10,13-16H2,1H3,(H,34,35)/t24-,28?/m1/s1. The van der Waals surface area contributed by atoms with Crippen molar-refractivity contribution in [3.05, 3.63) is 80.0 Å². The highest BCUT2D eigenvalue weighted by atomic mass is 32.1. The van der Waals surface area contributed by atoms with Crippen LogP contribution in [-0.4, -0.2) is 29.1 Å². The summed E-state index contributed by atoms with van der Waals surface area (Å²) in [6, 6.07) is 10.3. The average Bonchev–Trinajstić information content (AvgIpc) is 3.56. The lowest BCUT2D eigenvalue weighted by Gasteiger charge is -2.29.